The molecule has 0 aliphatic carbocycles. The highest BCUT2D eigenvalue weighted by atomic mass is 16.7. The standard InChI is InChI=1S/C11H20O3/c1-4-5-6-7-10-8(2)13-9(3)14-11(10)12/h8-10H,4-7H2,1-3H3/t8-,9-,10-/m1/s1. The van der Waals surface area contributed by atoms with E-state index in [0.717, 1.165) is 12.8 Å². The molecule has 0 aromatic carbocycles. The van der Waals surface area contributed by atoms with E-state index in [2.05, 4.69) is 6.92 Å². The molecule has 0 N–H and O–H groups in total. The predicted molar refractivity (Wildman–Crippen MR) is 53.7 cm³/mol. The van der Waals surface area contributed by atoms with Crippen molar-refractivity contribution in [3.63, 3.8) is 0 Å². The van der Waals surface area contributed by atoms with Crippen molar-refractivity contribution in [2.45, 2.75) is 58.8 Å². The quantitative estimate of drug-likeness (QED) is 0.516. The van der Waals surface area contributed by atoms with Crippen molar-refractivity contribution in [2.75, 3.05) is 0 Å². The topological polar surface area (TPSA) is 35.5 Å². The van der Waals surface area contributed by atoms with Gasteiger partial charge in [0.1, 0.15) is 0 Å². The summed E-state index contributed by atoms with van der Waals surface area (Å²) < 4.78 is 10.5. The second-order valence-corrected chi connectivity index (χ2v) is 3.95. The van der Waals surface area contributed by atoms with Crippen LogP contribution in [0.1, 0.15) is 46.5 Å². The Bertz CT molecular complexity index is 191. The molecule has 0 radical (unpaired) electrons. The lowest BCUT2D eigenvalue weighted by atomic mass is 9.95. The molecule has 0 aromatic heterocycles. The lowest BCUT2D eigenvalue weighted by molar-refractivity contribution is -0.222. The van der Waals surface area contributed by atoms with Crippen molar-refractivity contribution in [3.8, 4) is 0 Å². The van der Waals surface area contributed by atoms with Gasteiger partial charge in [-0.2, -0.15) is 0 Å². The number of carbonyl (C=O) groups excluding carboxylic acids is 1. The van der Waals surface area contributed by atoms with Crippen LogP contribution in [-0.4, -0.2) is 18.4 Å². The summed E-state index contributed by atoms with van der Waals surface area (Å²) in [7, 11) is 0. The Morgan fingerprint density at radius 3 is 2.57 bits per heavy atom. The van der Waals surface area contributed by atoms with Gasteiger partial charge in [-0.25, -0.2) is 0 Å². The normalized spacial score (nSPS) is 32.8. The molecule has 3 atom stereocenters. The van der Waals surface area contributed by atoms with Gasteiger partial charge in [-0.1, -0.05) is 26.2 Å². The van der Waals surface area contributed by atoms with Crippen molar-refractivity contribution in [1.29, 1.82) is 0 Å². The molecule has 0 unspecified atom stereocenters. The van der Waals surface area contributed by atoms with Gasteiger partial charge < -0.3 is 9.47 Å². The highest BCUT2D eigenvalue weighted by molar-refractivity contribution is 5.73. The molecule has 1 rings (SSSR count). The zero-order valence-corrected chi connectivity index (χ0v) is 9.29. The highest BCUT2D eigenvalue weighted by Crippen LogP contribution is 2.24. The van der Waals surface area contributed by atoms with Gasteiger partial charge in [0.25, 0.3) is 0 Å². The van der Waals surface area contributed by atoms with Crippen LogP contribution in [0.25, 0.3) is 0 Å². The fraction of sp³-hybridized carbons (Fsp3) is 0.909. The summed E-state index contributed by atoms with van der Waals surface area (Å²) in [6.07, 6.45) is 3.95. The maximum Gasteiger partial charge on any atom is 0.313 e. The maximum absolute atomic E-state index is 11.5. The van der Waals surface area contributed by atoms with E-state index in [-0.39, 0.29) is 24.3 Å². The molecular weight excluding hydrogens is 180 g/mol. The minimum Gasteiger partial charge on any atom is -0.436 e. The first-order chi connectivity index (χ1) is 6.65. The molecule has 1 fully saturated rings. The van der Waals surface area contributed by atoms with E-state index in [9.17, 15) is 4.79 Å². The summed E-state index contributed by atoms with van der Waals surface area (Å²) in [5.74, 6) is -0.148. The second kappa shape index (κ2) is 5.35. The molecule has 0 bridgehead atoms. The van der Waals surface area contributed by atoms with E-state index in [4.69, 9.17) is 9.47 Å². The highest BCUT2D eigenvalue weighted by Gasteiger charge is 2.34. The van der Waals surface area contributed by atoms with Gasteiger partial charge in [-0.15, -0.1) is 0 Å². The van der Waals surface area contributed by atoms with Gasteiger partial charge in [0.2, 0.25) is 0 Å². The number of ether oxygens (including phenoxy) is 2. The summed E-state index contributed by atoms with van der Waals surface area (Å²) in [4.78, 5) is 11.5. The Balaban J connectivity index is 2.38. The third-order valence-corrected chi connectivity index (χ3v) is 2.68. The average molecular weight is 200 g/mol. The predicted octanol–water partition coefficient (Wildman–Crippen LogP) is 2.49. The van der Waals surface area contributed by atoms with Crippen LogP contribution in [-0.2, 0) is 14.3 Å². The van der Waals surface area contributed by atoms with Gasteiger partial charge in [0.05, 0.1) is 12.0 Å². The minimum absolute atomic E-state index is 0.00288. The van der Waals surface area contributed by atoms with E-state index >= 15 is 0 Å². The van der Waals surface area contributed by atoms with Gasteiger partial charge in [0, 0.05) is 0 Å². The Morgan fingerprint density at radius 2 is 2.00 bits per heavy atom. The summed E-state index contributed by atoms with van der Waals surface area (Å²) in [5.41, 5.74) is 0. The van der Waals surface area contributed by atoms with Crippen molar-refractivity contribution >= 4 is 5.97 Å². The fourth-order valence-corrected chi connectivity index (χ4v) is 1.83. The van der Waals surface area contributed by atoms with Gasteiger partial charge in [0.15, 0.2) is 6.29 Å². The lowest BCUT2D eigenvalue weighted by Gasteiger charge is -2.31. The molecule has 0 spiro atoms. The Labute approximate surface area is 85.8 Å². The van der Waals surface area contributed by atoms with Crippen molar-refractivity contribution in [1.82, 2.24) is 0 Å². The molecule has 14 heavy (non-hydrogen) atoms. The molecular formula is C11H20O3. The average Bonchev–Trinajstić information content (AvgIpc) is 2.09. The van der Waals surface area contributed by atoms with E-state index in [0.29, 0.717) is 0 Å². The molecule has 0 saturated carbocycles. The first kappa shape index (κ1) is 11.5. The number of hydrogen-bond acceptors (Lipinski definition) is 3. The van der Waals surface area contributed by atoms with Gasteiger partial charge >= 0.3 is 5.97 Å². The molecule has 0 amide bonds. The van der Waals surface area contributed by atoms with E-state index in [1.54, 1.807) is 6.92 Å². The number of cyclic esters (lactones) is 1. The van der Waals surface area contributed by atoms with Crippen LogP contribution in [0, 0.1) is 5.92 Å². The number of esters is 1. The van der Waals surface area contributed by atoms with E-state index < -0.39 is 0 Å². The Kier molecular flexibility index (Phi) is 4.39. The number of hydrogen-bond donors (Lipinski definition) is 0. The van der Waals surface area contributed by atoms with Gasteiger partial charge in [-0.05, 0) is 20.3 Å². The van der Waals surface area contributed by atoms with E-state index in [1.165, 1.54) is 12.8 Å². The summed E-state index contributed by atoms with van der Waals surface area (Å²) in [5, 5.41) is 0. The minimum atomic E-state index is -0.375. The van der Waals surface area contributed by atoms with Crippen molar-refractivity contribution in [2.24, 2.45) is 5.92 Å². The number of unbranched alkanes of at least 4 members (excludes halogenated alkanes) is 2. The van der Waals surface area contributed by atoms with Crippen LogP contribution in [0.3, 0.4) is 0 Å². The van der Waals surface area contributed by atoms with Crippen LogP contribution in [0.2, 0.25) is 0 Å². The zero-order chi connectivity index (χ0) is 10.6. The van der Waals surface area contributed by atoms with Crippen LogP contribution in [0.4, 0.5) is 0 Å². The Hall–Kier alpha value is -0.570. The summed E-state index contributed by atoms with van der Waals surface area (Å²) in [6, 6.07) is 0. The van der Waals surface area contributed by atoms with Crippen LogP contribution in [0.5, 0.6) is 0 Å². The molecule has 1 heterocycles. The number of rotatable bonds is 4. The first-order valence-electron chi connectivity index (χ1n) is 5.51. The van der Waals surface area contributed by atoms with Crippen LogP contribution in [0.15, 0.2) is 0 Å². The molecule has 82 valence electrons. The molecule has 0 aromatic rings. The third kappa shape index (κ3) is 2.98. The monoisotopic (exact) mass is 200 g/mol. The van der Waals surface area contributed by atoms with Crippen molar-refractivity contribution in [3.05, 3.63) is 0 Å². The van der Waals surface area contributed by atoms with Crippen LogP contribution < -0.4 is 0 Å². The fourth-order valence-electron chi connectivity index (χ4n) is 1.83. The van der Waals surface area contributed by atoms with Crippen molar-refractivity contribution < 1.29 is 14.3 Å². The molecule has 1 aliphatic heterocycles. The summed E-state index contributed by atoms with van der Waals surface area (Å²) >= 11 is 0. The smallest absolute Gasteiger partial charge is 0.313 e. The summed E-state index contributed by atoms with van der Waals surface area (Å²) in [6.45, 7) is 5.87. The number of carbonyl (C=O) groups is 1. The lowest BCUT2D eigenvalue weighted by Crippen LogP contribution is -2.40. The Morgan fingerprint density at radius 1 is 1.29 bits per heavy atom. The largest absolute Gasteiger partial charge is 0.436 e. The van der Waals surface area contributed by atoms with Gasteiger partial charge in [-0.3, -0.25) is 4.79 Å². The molecule has 3 nitrogen and oxygen atoms in total. The zero-order valence-electron chi connectivity index (χ0n) is 9.29. The first-order valence-corrected chi connectivity index (χ1v) is 5.51. The third-order valence-electron chi connectivity index (χ3n) is 2.68. The van der Waals surface area contributed by atoms with Crippen LogP contribution >= 0.6 is 0 Å². The molecule has 1 saturated heterocycles. The SMILES string of the molecule is CCCCC[C@H]1C(=O)O[C@H](C)O[C@@H]1C. The van der Waals surface area contributed by atoms with E-state index in [1.807, 2.05) is 6.92 Å². The molecule has 1 aliphatic rings. The second-order valence-electron chi connectivity index (χ2n) is 3.95. The maximum atomic E-state index is 11.5. The molecule has 3 heteroatoms.